The van der Waals surface area contributed by atoms with Crippen molar-refractivity contribution in [3.8, 4) is 0 Å². The number of hydrogen-bond donors (Lipinski definition) is 2. The number of carbonyl (C=O) groups excluding carboxylic acids is 2. The predicted octanol–water partition coefficient (Wildman–Crippen LogP) is 2.07. The van der Waals surface area contributed by atoms with Crippen LogP contribution in [0.3, 0.4) is 0 Å². The van der Waals surface area contributed by atoms with Crippen molar-refractivity contribution in [3.05, 3.63) is 45.9 Å². The van der Waals surface area contributed by atoms with E-state index >= 15 is 0 Å². The molecule has 1 aromatic heterocycles. The highest BCUT2D eigenvalue weighted by Gasteiger charge is 2.35. The molecule has 1 aromatic carbocycles. The number of carbonyl (C=O) groups is 3. The molecule has 1 fully saturated rings. The summed E-state index contributed by atoms with van der Waals surface area (Å²) in [6.07, 6.45) is 0.981. The van der Waals surface area contributed by atoms with E-state index in [0.29, 0.717) is 11.6 Å². The minimum Gasteiger partial charge on any atom is -0.476 e. The average molecular weight is 373 g/mol. The monoisotopic (exact) mass is 373 g/mol. The summed E-state index contributed by atoms with van der Waals surface area (Å²) < 4.78 is 0. The number of aryl methyl sites for hydroxylation is 1. The van der Waals surface area contributed by atoms with Gasteiger partial charge in [-0.25, -0.2) is 9.78 Å². The van der Waals surface area contributed by atoms with E-state index in [2.05, 4.69) is 10.3 Å². The smallest absolute Gasteiger partial charge is 0.355 e. The van der Waals surface area contributed by atoms with Gasteiger partial charge in [-0.15, -0.1) is 11.3 Å². The lowest BCUT2D eigenvalue weighted by Gasteiger charge is -2.19. The Bertz CT molecular complexity index is 848. The minimum atomic E-state index is -1.09. The van der Waals surface area contributed by atoms with Crippen LogP contribution >= 0.6 is 11.3 Å². The number of amides is 2. The van der Waals surface area contributed by atoms with E-state index in [1.807, 2.05) is 31.2 Å². The number of thiazole rings is 1. The van der Waals surface area contributed by atoms with Crippen molar-refractivity contribution in [1.82, 2.24) is 10.3 Å². The zero-order chi connectivity index (χ0) is 18.7. The van der Waals surface area contributed by atoms with E-state index in [9.17, 15) is 14.4 Å². The molecule has 1 aliphatic heterocycles. The summed E-state index contributed by atoms with van der Waals surface area (Å²) >= 11 is 1.18. The lowest BCUT2D eigenvalue weighted by atomic mass is 10.1. The molecule has 1 unspecified atom stereocenters. The quantitative estimate of drug-likeness (QED) is 0.807. The van der Waals surface area contributed by atoms with E-state index in [1.54, 1.807) is 4.90 Å². The number of carboxylic acid groups (broad SMARTS) is 1. The third-order valence-corrected chi connectivity index (χ3v) is 5.19. The second-order valence-corrected chi connectivity index (χ2v) is 6.98. The van der Waals surface area contributed by atoms with Crippen LogP contribution in [0.25, 0.3) is 0 Å². The first-order valence-corrected chi connectivity index (χ1v) is 9.21. The highest BCUT2D eigenvalue weighted by molar-refractivity contribution is 7.09. The molecule has 0 aliphatic carbocycles. The fraction of sp³-hybridized carbons (Fsp3) is 0.333. The second kappa shape index (κ2) is 7.65. The van der Waals surface area contributed by atoms with Crippen LogP contribution in [0.4, 0.5) is 5.69 Å². The summed E-state index contributed by atoms with van der Waals surface area (Å²) in [6, 6.07) is 7.71. The van der Waals surface area contributed by atoms with Crippen molar-refractivity contribution < 1.29 is 19.5 Å². The van der Waals surface area contributed by atoms with Gasteiger partial charge in [0.1, 0.15) is 5.01 Å². The lowest BCUT2D eigenvalue weighted by Crippen LogP contribution is -2.32. The maximum absolute atomic E-state index is 12.4. The van der Waals surface area contributed by atoms with Gasteiger partial charge in [0.05, 0.1) is 12.5 Å². The Balaban J connectivity index is 1.62. The molecular formula is C18H19N3O4S. The summed E-state index contributed by atoms with van der Waals surface area (Å²) in [7, 11) is 0. The van der Waals surface area contributed by atoms with Crippen molar-refractivity contribution in [3.63, 3.8) is 0 Å². The Morgan fingerprint density at radius 2 is 2.15 bits per heavy atom. The highest BCUT2D eigenvalue weighted by Crippen LogP contribution is 2.28. The van der Waals surface area contributed by atoms with Crippen LogP contribution in [-0.2, 0) is 22.6 Å². The first kappa shape index (κ1) is 18.1. The second-order valence-electron chi connectivity index (χ2n) is 6.04. The van der Waals surface area contributed by atoms with Crippen LogP contribution in [0.5, 0.6) is 0 Å². The van der Waals surface area contributed by atoms with E-state index in [-0.39, 0.29) is 30.5 Å². The number of hydrogen-bond acceptors (Lipinski definition) is 5. The van der Waals surface area contributed by atoms with Gasteiger partial charge in [-0.1, -0.05) is 25.1 Å². The molecule has 0 saturated carbocycles. The first-order chi connectivity index (χ1) is 12.5. The van der Waals surface area contributed by atoms with Crippen molar-refractivity contribution in [2.45, 2.75) is 26.3 Å². The molecule has 26 heavy (non-hydrogen) atoms. The molecule has 0 radical (unpaired) electrons. The number of aromatic nitrogens is 1. The normalized spacial score (nSPS) is 16.7. The summed E-state index contributed by atoms with van der Waals surface area (Å²) in [4.78, 5) is 41.2. The summed E-state index contributed by atoms with van der Waals surface area (Å²) in [5, 5.41) is 13.6. The Hall–Kier alpha value is -2.74. The van der Waals surface area contributed by atoms with Crippen LogP contribution in [0.1, 0.15) is 34.4 Å². The van der Waals surface area contributed by atoms with Gasteiger partial charge in [-0.3, -0.25) is 9.59 Å². The van der Waals surface area contributed by atoms with Crippen molar-refractivity contribution in [2.24, 2.45) is 5.92 Å². The van der Waals surface area contributed by atoms with Crippen molar-refractivity contribution in [1.29, 1.82) is 0 Å². The van der Waals surface area contributed by atoms with E-state index in [0.717, 1.165) is 17.7 Å². The number of nitrogens with one attached hydrogen (secondary N) is 1. The van der Waals surface area contributed by atoms with Crippen LogP contribution < -0.4 is 10.2 Å². The number of benzene rings is 1. The molecule has 2 heterocycles. The van der Waals surface area contributed by atoms with E-state index < -0.39 is 11.9 Å². The van der Waals surface area contributed by atoms with E-state index in [4.69, 9.17) is 5.11 Å². The van der Waals surface area contributed by atoms with Gasteiger partial charge in [-0.2, -0.15) is 0 Å². The molecule has 8 heteroatoms. The van der Waals surface area contributed by atoms with Crippen LogP contribution in [0.2, 0.25) is 0 Å². The van der Waals surface area contributed by atoms with Gasteiger partial charge in [0.2, 0.25) is 11.8 Å². The number of carboxylic acids is 1. The third kappa shape index (κ3) is 3.75. The third-order valence-electron chi connectivity index (χ3n) is 4.34. The Morgan fingerprint density at radius 1 is 1.38 bits per heavy atom. The number of aromatic carboxylic acids is 1. The summed E-state index contributed by atoms with van der Waals surface area (Å²) in [6.45, 7) is 2.54. The maximum Gasteiger partial charge on any atom is 0.355 e. The highest BCUT2D eigenvalue weighted by atomic mass is 32.1. The SMILES string of the molecule is CCc1ccccc1N1CC(C(=O)NCc2nc(C(=O)O)cs2)CC1=O. The average Bonchev–Trinajstić information content (AvgIpc) is 3.26. The molecule has 1 aliphatic rings. The fourth-order valence-corrected chi connectivity index (χ4v) is 3.69. The summed E-state index contributed by atoms with van der Waals surface area (Å²) in [5.74, 6) is -1.80. The van der Waals surface area contributed by atoms with Gasteiger partial charge >= 0.3 is 5.97 Å². The van der Waals surface area contributed by atoms with Gasteiger partial charge in [0.15, 0.2) is 5.69 Å². The van der Waals surface area contributed by atoms with Gasteiger partial charge in [-0.05, 0) is 18.1 Å². The minimum absolute atomic E-state index is 0.0300. The molecule has 7 nitrogen and oxygen atoms in total. The van der Waals surface area contributed by atoms with Crippen LogP contribution in [0, 0.1) is 5.92 Å². The fourth-order valence-electron chi connectivity index (χ4n) is 2.99. The maximum atomic E-state index is 12.4. The number of nitrogens with zero attached hydrogens (tertiary/aromatic N) is 2. The molecular weight excluding hydrogens is 354 g/mol. The molecule has 2 N–H and O–H groups in total. The molecule has 1 atom stereocenters. The van der Waals surface area contributed by atoms with Gasteiger partial charge in [0, 0.05) is 24.0 Å². The molecule has 3 rings (SSSR count). The van der Waals surface area contributed by atoms with Crippen molar-refractivity contribution >= 4 is 34.8 Å². The standard InChI is InChI=1S/C18H19N3O4S/c1-2-11-5-3-4-6-14(11)21-9-12(7-16(21)22)17(23)19-8-15-20-13(10-26-15)18(24)25/h3-6,10,12H,2,7-9H2,1H3,(H,19,23)(H,24,25). The largest absolute Gasteiger partial charge is 0.476 e. The Kier molecular flexibility index (Phi) is 5.32. The number of para-hydroxylation sites is 1. The topological polar surface area (TPSA) is 99.6 Å². The van der Waals surface area contributed by atoms with E-state index in [1.165, 1.54) is 16.7 Å². The Labute approximate surface area is 154 Å². The van der Waals surface area contributed by atoms with Gasteiger partial charge < -0.3 is 15.3 Å². The van der Waals surface area contributed by atoms with Crippen LogP contribution in [-0.4, -0.2) is 34.4 Å². The van der Waals surface area contributed by atoms with Crippen LogP contribution in [0.15, 0.2) is 29.6 Å². The van der Waals surface area contributed by atoms with Crippen molar-refractivity contribution in [2.75, 3.05) is 11.4 Å². The lowest BCUT2D eigenvalue weighted by molar-refractivity contribution is -0.126. The molecule has 0 bridgehead atoms. The molecule has 2 aromatic rings. The number of rotatable bonds is 6. The zero-order valence-electron chi connectivity index (χ0n) is 14.3. The molecule has 2 amide bonds. The number of anilines is 1. The zero-order valence-corrected chi connectivity index (χ0v) is 15.1. The summed E-state index contributed by atoms with van der Waals surface area (Å²) in [5.41, 5.74) is 1.91. The van der Waals surface area contributed by atoms with Gasteiger partial charge in [0.25, 0.3) is 0 Å². The first-order valence-electron chi connectivity index (χ1n) is 8.33. The Morgan fingerprint density at radius 3 is 2.85 bits per heavy atom. The predicted molar refractivity (Wildman–Crippen MR) is 97.2 cm³/mol. The molecule has 1 saturated heterocycles. The molecule has 136 valence electrons. The molecule has 0 spiro atoms.